The van der Waals surface area contributed by atoms with E-state index in [9.17, 15) is 14.0 Å². The molecule has 0 bridgehead atoms. The molecule has 0 aliphatic rings. The highest BCUT2D eigenvalue weighted by atomic mass is 19.1. The lowest BCUT2D eigenvalue weighted by molar-refractivity contribution is -0.141. The Hall–Kier alpha value is -3.19. The average molecular weight is 510 g/mol. The van der Waals surface area contributed by atoms with E-state index in [-0.39, 0.29) is 24.2 Å². The van der Waals surface area contributed by atoms with Crippen LogP contribution in [0.4, 0.5) is 4.39 Å². The molecule has 7 heteroatoms. The zero-order valence-electron chi connectivity index (χ0n) is 22.2. The molecule has 1 heterocycles. The number of para-hydroxylation sites is 1. The molecular formula is C30H40FN3O3. The second-order valence-electron chi connectivity index (χ2n) is 9.52. The van der Waals surface area contributed by atoms with Crippen LogP contribution in [0.1, 0.15) is 56.6 Å². The van der Waals surface area contributed by atoms with E-state index in [1.807, 2.05) is 24.4 Å². The first-order valence-electron chi connectivity index (χ1n) is 13.4. The van der Waals surface area contributed by atoms with Crippen LogP contribution in [0.5, 0.6) is 0 Å². The van der Waals surface area contributed by atoms with Crippen LogP contribution in [-0.4, -0.2) is 59.9 Å². The molecule has 2 amide bonds. The highest BCUT2D eigenvalue weighted by Gasteiger charge is 2.22. The van der Waals surface area contributed by atoms with Crippen molar-refractivity contribution in [2.45, 2.75) is 58.4 Å². The van der Waals surface area contributed by atoms with Gasteiger partial charge in [-0.2, -0.15) is 0 Å². The Kier molecular flexibility index (Phi) is 11.6. The second-order valence-corrected chi connectivity index (χ2v) is 9.52. The summed E-state index contributed by atoms with van der Waals surface area (Å²) in [6.45, 7) is 4.05. The Morgan fingerprint density at radius 2 is 1.70 bits per heavy atom. The number of fused-ring (bicyclic) bond motifs is 1. The number of benzene rings is 2. The van der Waals surface area contributed by atoms with Crippen LogP contribution < -0.4 is 0 Å². The maximum atomic E-state index is 13.6. The molecule has 2 aromatic carbocycles. The summed E-state index contributed by atoms with van der Waals surface area (Å²) >= 11 is 0. The summed E-state index contributed by atoms with van der Waals surface area (Å²) in [4.78, 5) is 33.3. The molecule has 0 saturated heterocycles. The predicted molar refractivity (Wildman–Crippen MR) is 146 cm³/mol. The third kappa shape index (κ3) is 9.01. The number of aromatic nitrogens is 1. The summed E-state index contributed by atoms with van der Waals surface area (Å²) < 4.78 is 18.7. The molecule has 0 radical (unpaired) electrons. The number of unbranched alkanes of at least 4 members (excludes halogenated alkanes) is 3. The van der Waals surface area contributed by atoms with Gasteiger partial charge in [0.25, 0.3) is 0 Å². The Bertz CT molecular complexity index is 1110. The lowest BCUT2D eigenvalue weighted by Crippen LogP contribution is -2.44. The van der Waals surface area contributed by atoms with E-state index in [2.05, 4.69) is 18.0 Å². The highest BCUT2D eigenvalue weighted by molar-refractivity contribution is 5.85. The SMILES string of the molecule is CCCCCCC(=O)N(CCCOC)CC(=O)N(CCc1c[nH]c2ccccc12)Cc1ccc(F)cc1. The minimum atomic E-state index is -0.307. The zero-order valence-corrected chi connectivity index (χ0v) is 22.2. The van der Waals surface area contributed by atoms with Gasteiger partial charge in [-0.3, -0.25) is 9.59 Å². The molecule has 1 N–H and O–H groups in total. The van der Waals surface area contributed by atoms with Crippen LogP contribution in [0.25, 0.3) is 10.9 Å². The van der Waals surface area contributed by atoms with Gasteiger partial charge in [0.2, 0.25) is 11.8 Å². The normalized spacial score (nSPS) is 11.1. The van der Waals surface area contributed by atoms with Crippen LogP contribution in [0.2, 0.25) is 0 Å². The number of carbonyl (C=O) groups excluding carboxylic acids is 2. The number of hydrogen-bond acceptors (Lipinski definition) is 3. The molecular weight excluding hydrogens is 469 g/mol. The number of halogens is 1. The third-order valence-corrected chi connectivity index (χ3v) is 6.66. The smallest absolute Gasteiger partial charge is 0.242 e. The molecule has 200 valence electrons. The van der Waals surface area contributed by atoms with Gasteiger partial charge in [0.1, 0.15) is 5.82 Å². The second kappa shape index (κ2) is 15.2. The van der Waals surface area contributed by atoms with E-state index in [0.29, 0.717) is 45.5 Å². The molecule has 37 heavy (non-hydrogen) atoms. The number of nitrogens with zero attached hydrogens (tertiary/aromatic N) is 2. The lowest BCUT2D eigenvalue weighted by Gasteiger charge is -2.28. The van der Waals surface area contributed by atoms with Crippen molar-refractivity contribution in [1.82, 2.24) is 14.8 Å². The molecule has 3 aromatic rings. The molecule has 6 nitrogen and oxygen atoms in total. The maximum absolute atomic E-state index is 13.6. The van der Waals surface area contributed by atoms with E-state index in [0.717, 1.165) is 47.7 Å². The number of H-pyrrole nitrogens is 1. The molecule has 0 saturated carbocycles. The van der Waals surface area contributed by atoms with E-state index in [4.69, 9.17) is 4.74 Å². The van der Waals surface area contributed by atoms with Gasteiger partial charge in [0, 0.05) is 56.9 Å². The summed E-state index contributed by atoms with van der Waals surface area (Å²) in [6.07, 6.45) is 7.86. The first-order valence-corrected chi connectivity index (χ1v) is 13.4. The van der Waals surface area contributed by atoms with E-state index >= 15 is 0 Å². The van der Waals surface area contributed by atoms with Gasteiger partial charge in [-0.25, -0.2) is 4.39 Å². The van der Waals surface area contributed by atoms with E-state index in [1.54, 1.807) is 29.0 Å². The largest absolute Gasteiger partial charge is 0.385 e. The molecule has 0 atom stereocenters. The van der Waals surface area contributed by atoms with Crippen LogP contribution in [0, 0.1) is 5.82 Å². The van der Waals surface area contributed by atoms with Gasteiger partial charge >= 0.3 is 0 Å². The quantitative estimate of drug-likeness (QED) is 0.251. The number of aromatic amines is 1. The summed E-state index contributed by atoms with van der Waals surface area (Å²) in [6, 6.07) is 14.3. The van der Waals surface area contributed by atoms with Crippen molar-refractivity contribution in [3.63, 3.8) is 0 Å². The Morgan fingerprint density at radius 1 is 0.919 bits per heavy atom. The highest BCUT2D eigenvalue weighted by Crippen LogP contribution is 2.19. The molecule has 0 aliphatic carbocycles. The Morgan fingerprint density at radius 3 is 2.46 bits per heavy atom. The Balaban J connectivity index is 1.72. The number of carbonyl (C=O) groups is 2. The number of nitrogens with one attached hydrogen (secondary N) is 1. The molecule has 0 fully saturated rings. The van der Waals surface area contributed by atoms with Gasteiger partial charge in [-0.1, -0.05) is 56.5 Å². The Labute approximate surface area is 219 Å². The van der Waals surface area contributed by atoms with Crippen molar-refractivity contribution in [1.29, 1.82) is 0 Å². The fourth-order valence-electron chi connectivity index (χ4n) is 4.51. The average Bonchev–Trinajstić information content (AvgIpc) is 3.32. The fraction of sp³-hybridized carbons (Fsp3) is 0.467. The molecule has 1 aromatic heterocycles. The van der Waals surface area contributed by atoms with Crippen LogP contribution in [-0.2, 0) is 27.3 Å². The van der Waals surface area contributed by atoms with Crippen molar-refractivity contribution in [3.05, 3.63) is 71.7 Å². The monoisotopic (exact) mass is 509 g/mol. The van der Waals surface area contributed by atoms with Crippen molar-refractivity contribution in [2.75, 3.05) is 33.4 Å². The third-order valence-electron chi connectivity index (χ3n) is 6.66. The zero-order chi connectivity index (χ0) is 26.5. The van der Waals surface area contributed by atoms with Crippen molar-refractivity contribution >= 4 is 22.7 Å². The van der Waals surface area contributed by atoms with Crippen LogP contribution >= 0.6 is 0 Å². The summed E-state index contributed by atoms with van der Waals surface area (Å²) in [5, 5.41) is 1.14. The maximum Gasteiger partial charge on any atom is 0.242 e. The van der Waals surface area contributed by atoms with Crippen LogP contribution in [0.15, 0.2) is 54.7 Å². The summed E-state index contributed by atoms with van der Waals surface area (Å²) in [5.74, 6) is -0.402. The molecule has 0 spiro atoms. The van der Waals surface area contributed by atoms with Gasteiger partial charge in [-0.15, -0.1) is 0 Å². The fourth-order valence-corrected chi connectivity index (χ4v) is 4.51. The summed E-state index contributed by atoms with van der Waals surface area (Å²) in [5.41, 5.74) is 3.05. The molecule has 0 unspecified atom stereocenters. The van der Waals surface area contributed by atoms with Crippen molar-refractivity contribution < 1.29 is 18.7 Å². The number of rotatable bonds is 16. The van der Waals surface area contributed by atoms with Crippen LogP contribution in [0.3, 0.4) is 0 Å². The number of methoxy groups -OCH3 is 1. The predicted octanol–water partition coefficient (Wildman–Crippen LogP) is 5.71. The van der Waals surface area contributed by atoms with Crippen molar-refractivity contribution in [3.8, 4) is 0 Å². The van der Waals surface area contributed by atoms with Gasteiger partial charge < -0.3 is 19.5 Å². The first-order chi connectivity index (χ1) is 18.0. The number of amides is 2. The minimum Gasteiger partial charge on any atom is -0.385 e. The minimum absolute atomic E-state index is 0.0129. The number of hydrogen-bond donors (Lipinski definition) is 1. The van der Waals surface area contributed by atoms with Gasteiger partial charge in [0.05, 0.1) is 6.54 Å². The number of ether oxygens (including phenoxy) is 1. The standard InChI is InChI=1S/C30H40FN3O3/c1-3-4-5-6-12-29(35)33(18-9-20-37-2)23-30(36)34(22-24-13-15-26(31)16-14-24)19-17-25-21-32-28-11-8-7-10-27(25)28/h7-8,10-11,13-16,21,32H,3-6,9,12,17-20,22-23H2,1-2H3. The van der Waals surface area contributed by atoms with E-state index in [1.165, 1.54) is 12.1 Å². The molecule has 0 aliphatic heterocycles. The van der Waals surface area contributed by atoms with Gasteiger partial charge in [-0.05, 0) is 48.6 Å². The van der Waals surface area contributed by atoms with Gasteiger partial charge in [0.15, 0.2) is 0 Å². The first kappa shape index (κ1) is 28.4. The summed E-state index contributed by atoms with van der Waals surface area (Å²) in [7, 11) is 1.64. The van der Waals surface area contributed by atoms with Crippen molar-refractivity contribution in [2.24, 2.45) is 0 Å². The van der Waals surface area contributed by atoms with E-state index < -0.39 is 0 Å². The lowest BCUT2D eigenvalue weighted by atomic mass is 10.1. The molecule has 3 rings (SSSR count). The topological polar surface area (TPSA) is 65.6 Å².